The summed E-state index contributed by atoms with van der Waals surface area (Å²) < 4.78 is 68.4. The Bertz CT molecular complexity index is 1840. The molecule has 0 aliphatic carbocycles. The van der Waals surface area contributed by atoms with Crippen LogP contribution in [0.15, 0.2) is 0 Å². The Morgan fingerprint density at radius 2 is 0.479 bits per heavy atom. The molecule has 0 heterocycles. The summed E-state index contributed by atoms with van der Waals surface area (Å²) in [5, 5.41) is 10.6. The number of phosphoric acid groups is 2. The van der Waals surface area contributed by atoms with Crippen LogP contribution in [0.4, 0.5) is 0 Å². The molecule has 570 valence electrons. The quantitative estimate of drug-likeness (QED) is 0.0222. The summed E-state index contributed by atoms with van der Waals surface area (Å²) in [6.07, 6.45) is 60.1. The van der Waals surface area contributed by atoms with E-state index in [0.29, 0.717) is 25.7 Å². The van der Waals surface area contributed by atoms with Gasteiger partial charge in [-0.3, -0.25) is 37.3 Å². The molecule has 0 radical (unpaired) electrons. The number of ether oxygens (including phenoxy) is 4. The Labute approximate surface area is 588 Å². The first-order valence-corrected chi connectivity index (χ1v) is 43.1. The number of aliphatic hydroxyl groups is 1. The predicted molar refractivity (Wildman–Crippen MR) is 391 cm³/mol. The first-order valence-electron chi connectivity index (χ1n) is 40.1. The zero-order valence-electron chi connectivity index (χ0n) is 62.5. The van der Waals surface area contributed by atoms with Crippen molar-refractivity contribution < 1.29 is 80.2 Å². The van der Waals surface area contributed by atoms with E-state index in [2.05, 4.69) is 34.6 Å². The van der Waals surface area contributed by atoms with Crippen molar-refractivity contribution in [2.24, 2.45) is 5.92 Å². The Morgan fingerprint density at radius 1 is 0.281 bits per heavy atom. The number of hydrogen-bond acceptors (Lipinski definition) is 15. The summed E-state index contributed by atoms with van der Waals surface area (Å²) in [7, 11) is -9.90. The van der Waals surface area contributed by atoms with Crippen LogP contribution in [0.2, 0.25) is 0 Å². The third-order valence-corrected chi connectivity index (χ3v) is 19.9. The van der Waals surface area contributed by atoms with Crippen molar-refractivity contribution in [1.82, 2.24) is 0 Å². The van der Waals surface area contributed by atoms with Gasteiger partial charge in [0.2, 0.25) is 0 Å². The molecule has 0 spiro atoms. The number of carbonyl (C=O) groups is 4. The van der Waals surface area contributed by atoms with Gasteiger partial charge in [0, 0.05) is 25.7 Å². The summed E-state index contributed by atoms with van der Waals surface area (Å²) in [6.45, 7) is 7.21. The predicted octanol–water partition coefficient (Wildman–Crippen LogP) is 22.9. The molecule has 0 aliphatic heterocycles. The average Bonchev–Trinajstić information content (AvgIpc) is 1.22. The molecule has 3 N–H and O–H groups in total. The zero-order valence-corrected chi connectivity index (χ0v) is 64.3. The molecule has 2 unspecified atom stereocenters. The molecule has 0 aliphatic rings. The number of hydrogen-bond donors (Lipinski definition) is 3. The van der Waals surface area contributed by atoms with Crippen LogP contribution in [0.1, 0.15) is 407 Å². The van der Waals surface area contributed by atoms with Crippen molar-refractivity contribution in [3.63, 3.8) is 0 Å². The van der Waals surface area contributed by atoms with E-state index in [1.54, 1.807) is 0 Å². The van der Waals surface area contributed by atoms with Gasteiger partial charge in [0.15, 0.2) is 12.2 Å². The highest BCUT2D eigenvalue weighted by atomic mass is 31.2. The molecule has 0 rings (SSSR count). The van der Waals surface area contributed by atoms with Gasteiger partial charge in [-0.2, -0.15) is 0 Å². The maximum Gasteiger partial charge on any atom is 0.472 e. The molecule has 0 saturated carbocycles. The minimum Gasteiger partial charge on any atom is -0.462 e. The van der Waals surface area contributed by atoms with Crippen LogP contribution in [-0.2, 0) is 65.4 Å². The fraction of sp³-hybridized carbons (Fsp3) is 0.948. The molecule has 0 aromatic carbocycles. The van der Waals surface area contributed by atoms with Gasteiger partial charge in [-0.15, -0.1) is 0 Å². The number of esters is 4. The third-order valence-electron chi connectivity index (χ3n) is 18.0. The van der Waals surface area contributed by atoms with Gasteiger partial charge in [0.25, 0.3) is 0 Å². The highest BCUT2D eigenvalue weighted by molar-refractivity contribution is 7.47. The van der Waals surface area contributed by atoms with E-state index in [-0.39, 0.29) is 25.7 Å². The number of unbranched alkanes of at least 4 members (excludes halogenated alkanes) is 49. The second-order valence-corrected chi connectivity index (χ2v) is 31.1. The van der Waals surface area contributed by atoms with Crippen molar-refractivity contribution in [1.29, 1.82) is 0 Å². The summed E-state index contributed by atoms with van der Waals surface area (Å²) in [5.41, 5.74) is 0. The van der Waals surface area contributed by atoms with Crippen molar-refractivity contribution in [3.8, 4) is 0 Å². The summed E-state index contributed by atoms with van der Waals surface area (Å²) in [6, 6.07) is 0. The van der Waals surface area contributed by atoms with Crippen molar-refractivity contribution in [2.45, 2.75) is 425 Å². The van der Waals surface area contributed by atoms with Gasteiger partial charge in [-0.25, -0.2) is 9.13 Å². The Hall–Kier alpha value is -1.94. The van der Waals surface area contributed by atoms with Gasteiger partial charge in [0.1, 0.15) is 19.3 Å². The molecule has 19 heteroatoms. The monoisotopic (exact) mass is 1410 g/mol. The normalized spacial score (nSPS) is 13.9. The third kappa shape index (κ3) is 70.5. The van der Waals surface area contributed by atoms with Crippen LogP contribution in [-0.4, -0.2) is 96.7 Å². The molecule has 17 nitrogen and oxygen atoms in total. The van der Waals surface area contributed by atoms with Gasteiger partial charge in [-0.05, 0) is 31.6 Å². The van der Waals surface area contributed by atoms with Crippen LogP contribution < -0.4 is 0 Å². The standard InChI is InChI=1S/C77H150O17P2/c1-6-9-12-15-18-20-22-24-26-28-29-30-31-32-33-35-37-39-41-47-52-57-62-76(81)93-73(67-88-75(80)61-56-51-46-40-38-36-34-27-25-23-21-19-16-13-10-7-2)69-92-96(85,86)90-65-71(78)64-89-95(83,84)91-68-72(66-87-74(79)60-55-50-44-17-14-11-8-3)94-77(82)63-58-53-48-43-42-45-49-54-59-70(4)5/h70-73,78H,6-69H2,1-5H3,(H,83,84)(H,85,86)/t71-,72+,73+/m0/s1. The average molecular weight is 1410 g/mol. The fourth-order valence-corrected chi connectivity index (χ4v) is 13.5. The number of carbonyl (C=O) groups excluding carboxylic acids is 4. The van der Waals surface area contributed by atoms with Gasteiger partial charge >= 0.3 is 39.5 Å². The first-order chi connectivity index (χ1) is 46.5. The minimum atomic E-state index is -4.96. The minimum absolute atomic E-state index is 0.105. The summed E-state index contributed by atoms with van der Waals surface area (Å²) >= 11 is 0. The molecule has 96 heavy (non-hydrogen) atoms. The first kappa shape index (κ1) is 94.1. The molecular weight excluding hydrogens is 1260 g/mol. The lowest BCUT2D eigenvalue weighted by atomic mass is 10.0. The zero-order chi connectivity index (χ0) is 70.5. The second-order valence-electron chi connectivity index (χ2n) is 28.2. The fourth-order valence-electron chi connectivity index (χ4n) is 11.9. The molecule has 0 fully saturated rings. The molecular formula is C77H150O17P2. The summed E-state index contributed by atoms with van der Waals surface area (Å²) in [4.78, 5) is 72.6. The highest BCUT2D eigenvalue weighted by Crippen LogP contribution is 2.45. The molecule has 5 atom stereocenters. The van der Waals surface area contributed by atoms with Crippen LogP contribution in [0.3, 0.4) is 0 Å². The van der Waals surface area contributed by atoms with Gasteiger partial charge in [0.05, 0.1) is 26.4 Å². The second kappa shape index (κ2) is 70.1. The molecule has 0 aromatic heterocycles. The Balaban J connectivity index is 5.15. The number of aliphatic hydroxyl groups excluding tert-OH is 1. The van der Waals surface area contributed by atoms with Crippen molar-refractivity contribution >= 4 is 39.5 Å². The van der Waals surface area contributed by atoms with E-state index in [1.165, 1.54) is 218 Å². The van der Waals surface area contributed by atoms with E-state index >= 15 is 0 Å². The molecule has 0 bridgehead atoms. The Kier molecular flexibility index (Phi) is 68.7. The van der Waals surface area contributed by atoms with Gasteiger partial charge < -0.3 is 33.8 Å². The number of rotatable bonds is 77. The lowest BCUT2D eigenvalue weighted by molar-refractivity contribution is -0.161. The smallest absolute Gasteiger partial charge is 0.462 e. The van der Waals surface area contributed by atoms with Crippen LogP contribution in [0, 0.1) is 5.92 Å². The maximum absolute atomic E-state index is 13.1. The SMILES string of the molecule is CCCCCCCCCCCCCCCCCCCCCCCCC(=O)O[C@H](COC(=O)CCCCCCCCCCCCCCCCCC)COP(=O)(O)OC[C@@H](O)COP(=O)(O)OC[C@@H](COC(=O)CCCCCCCCC)OC(=O)CCCCCCCCCCC(C)C. The van der Waals surface area contributed by atoms with E-state index in [4.69, 9.17) is 37.0 Å². The van der Waals surface area contributed by atoms with Crippen molar-refractivity contribution in [2.75, 3.05) is 39.6 Å². The topological polar surface area (TPSA) is 237 Å². The van der Waals surface area contributed by atoms with E-state index in [9.17, 15) is 43.2 Å². The van der Waals surface area contributed by atoms with Crippen LogP contribution in [0.25, 0.3) is 0 Å². The lowest BCUT2D eigenvalue weighted by Gasteiger charge is -2.21. The molecule has 0 aromatic rings. The lowest BCUT2D eigenvalue weighted by Crippen LogP contribution is -2.30. The van der Waals surface area contributed by atoms with E-state index in [0.717, 1.165) is 109 Å². The van der Waals surface area contributed by atoms with Crippen LogP contribution >= 0.6 is 15.6 Å². The van der Waals surface area contributed by atoms with Crippen LogP contribution in [0.5, 0.6) is 0 Å². The van der Waals surface area contributed by atoms with Crippen molar-refractivity contribution in [3.05, 3.63) is 0 Å². The molecule has 0 amide bonds. The highest BCUT2D eigenvalue weighted by Gasteiger charge is 2.30. The largest absolute Gasteiger partial charge is 0.472 e. The van der Waals surface area contributed by atoms with E-state index in [1.807, 2.05) is 0 Å². The Morgan fingerprint density at radius 3 is 0.708 bits per heavy atom. The summed E-state index contributed by atoms with van der Waals surface area (Å²) in [5.74, 6) is -1.40. The molecule has 0 saturated heterocycles. The number of phosphoric ester groups is 2. The van der Waals surface area contributed by atoms with Gasteiger partial charge in [-0.1, -0.05) is 356 Å². The van der Waals surface area contributed by atoms with E-state index < -0.39 is 97.5 Å². The maximum atomic E-state index is 13.1.